The van der Waals surface area contributed by atoms with Gasteiger partial charge in [-0.25, -0.2) is 0 Å². The van der Waals surface area contributed by atoms with Crippen molar-refractivity contribution in [3.63, 3.8) is 0 Å². The molecule has 0 atom stereocenters. The Hall–Kier alpha value is -2.51. The molecule has 0 N–H and O–H groups in total. The van der Waals surface area contributed by atoms with Gasteiger partial charge in [-0.1, -0.05) is 6.07 Å². The van der Waals surface area contributed by atoms with E-state index in [0.29, 0.717) is 12.6 Å². The summed E-state index contributed by atoms with van der Waals surface area (Å²) in [5.74, 6) is 0.781. The molecular formula is C18H19N5O2. The Labute approximate surface area is 145 Å². The van der Waals surface area contributed by atoms with Crippen molar-refractivity contribution in [3.8, 4) is 5.75 Å². The van der Waals surface area contributed by atoms with Crippen molar-refractivity contribution in [1.82, 2.24) is 24.5 Å². The molecule has 0 bridgehead atoms. The maximum Gasteiger partial charge on any atom is 0.160 e. The molecule has 5 heterocycles. The minimum atomic E-state index is 0.459. The smallest absolute Gasteiger partial charge is 0.160 e. The van der Waals surface area contributed by atoms with Crippen molar-refractivity contribution in [2.45, 2.75) is 25.6 Å². The van der Waals surface area contributed by atoms with E-state index < -0.39 is 0 Å². The van der Waals surface area contributed by atoms with Crippen LogP contribution in [0.1, 0.15) is 17.0 Å². The van der Waals surface area contributed by atoms with Crippen LogP contribution in [-0.4, -0.2) is 50.3 Å². The average Bonchev–Trinajstić information content (AvgIpc) is 3.06. The predicted octanol–water partition coefficient (Wildman–Crippen LogP) is 1.46. The average molecular weight is 337 g/mol. The van der Waals surface area contributed by atoms with Gasteiger partial charge in [-0.05, 0) is 23.8 Å². The van der Waals surface area contributed by atoms with Crippen molar-refractivity contribution in [2.24, 2.45) is 0 Å². The molecule has 3 aromatic heterocycles. The van der Waals surface area contributed by atoms with Gasteiger partial charge in [0.15, 0.2) is 5.65 Å². The minimum absolute atomic E-state index is 0.459. The number of rotatable bonds is 4. The Morgan fingerprint density at radius 2 is 2.16 bits per heavy atom. The fourth-order valence-electron chi connectivity index (χ4n) is 3.36. The molecule has 128 valence electrons. The van der Waals surface area contributed by atoms with Gasteiger partial charge in [-0.2, -0.15) is 0 Å². The molecule has 0 radical (unpaired) electrons. The summed E-state index contributed by atoms with van der Waals surface area (Å²) < 4.78 is 13.0. The highest BCUT2D eigenvalue weighted by molar-refractivity contribution is 5.39. The van der Waals surface area contributed by atoms with Gasteiger partial charge in [0, 0.05) is 25.2 Å². The van der Waals surface area contributed by atoms with Gasteiger partial charge in [0.2, 0.25) is 0 Å². The topological polar surface area (TPSA) is 64.8 Å². The molecule has 1 saturated heterocycles. The van der Waals surface area contributed by atoms with Gasteiger partial charge in [-0.15, -0.1) is 10.2 Å². The Morgan fingerprint density at radius 1 is 1.20 bits per heavy atom. The van der Waals surface area contributed by atoms with E-state index >= 15 is 0 Å². The second-order valence-corrected chi connectivity index (χ2v) is 6.57. The van der Waals surface area contributed by atoms with Gasteiger partial charge < -0.3 is 9.47 Å². The minimum Gasteiger partial charge on any atom is -0.486 e. The lowest BCUT2D eigenvalue weighted by Gasteiger charge is -2.39. The molecule has 25 heavy (non-hydrogen) atoms. The first-order valence-corrected chi connectivity index (χ1v) is 8.57. The van der Waals surface area contributed by atoms with Crippen molar-refractivity contribution >= 4 is 5.65 Å². The lowest BCUT2D eigenvalue weighted by atomic mass is 10.0. The molecular weight excluding hydrogens is 318 g/mol. The molecule has 3 aromatic rings. The van der Waals surface area contributed by atoms with E-state index in [9.17, 15) is 0 Å². The first kappa shape index (κ1) is 14.8. The zero-order chi connectivity index (χ0) is 16.6. The van der Waals surface area contributed by atoms with Gasteiger partial charge in [0.1, 0.15) is 18.7 Å². The maximum absolute atomic E-state index is 5.88. The standard InChI is InChI=1S/C18H19N5O2/c1-2-14(9-25-16-3-4-18-21-19-12-23(18)8-16)20-17-5-6-22(7-13(1)17)15-10-24-11-15/h1-4,8,12,15H,5-7,9-11H2. The first-order chi connectivity index (χ1) is 12.3. The molecule has 0 saturated carbocycles. The molecule has 0 spiro atoms. The molecule has 2 aliphatic heterocycles. The Kier molecular flexibility index (Phi) is 3.61. The molecule has 1 fully saturated rings. The van der Waals surface area contributed by atoms with E-state index in [1.165, 1.54) is 11.3 Å². The van der Waals surface area contributed by atoms with E-state index in [0.717, 1.165) is 49.8 Å². The zero-order valence-corrected chi connectivity index (χ0v) is 13.8. The first-order valence-electron chi connectivity index (χ1n) is 8.57. The fraction of sp³-hybridized carbons (Fsp3) is 0.389. The van der Waals surface area contributed by atoms with Crippen LogP contribution in [0.4, 0.5) is 0 Å². The molecule has 2 aliphatic rings. The highest BCUT2D eigenvalue weighted by Crippen LogP contribution is 2.23. The number of ether oxygens (including phenoxy) is 2. The summed E-state index contributed by atoms with van der Waals surface area (Å²) >= 11 is 0. The second kappa shape index (κ2) is 6.09. The summed E-state index contributed by atoms with van der Waals surface area (Å²) in [6, 6.07) is 8.64. The largest absolute Gasteiger partial charge is 0.486 e. The van der Waals surface area contributed by atoms with E-state index in [1.54, 1.807) is 6.33 Å². The van der Waals surface area contributed by atoms with Crippen LogP contribution in [0.25, 0.3) is 5.65 Å². The highest BCUT2D eigenvalue weighted by Gasteiger charge is 2.29. The summed E-state index contributed by atoms with van der Waals surface area (Å²) in [4.78, 5) is 7.30. The van der Waals surface area contributed by atoms with Gasteiger partial charge in [0.05, 0.1) is 31.1 Å². The van der Waals surface area contributed by atoms with Crippen LogP contribution in [0.3, 0.4) is 0 Å². The third kappa shape index (κ3) is 2.85. The van der Waals surface area contributed by atoms with E-state index in [-0.39, 0.29) is 0 Å². The van der Waals surface area contributed by atoms with Crippen LogP contribution in [-0.2, 0) is 24.3 Å². The van der Waals surface area contributed by atoms with E-state index in [1.807, 2.05) is 22.7 Å². The summed E-state index contributed by atoms with van der Waals surface area (Å²) in [6.07, 6.45) is 4.54. The highest BCUT2D eigenvalue weighted by atomic mass is 16.5. The lowest BCUT2D eigenvalue weighted by molar-refractivity contribution is -0.0696. The molecule has 0 aliphatic carbocycles. The van der Waals surface area contributed by atoms with E-state index in [2.05, 4.69) is 27.2 Å². The monoisotopic (exact) mass is 337 g/mol. The summed E-state index contributed by atoms with van der Waals surface area (Å²) in [6.45, 7) is 4.22. The summed E-state index contributed by atoms with van der Waals surface area (Å²) in [5, 5.41) is 7.86. The Morgan fingerprint density at radius 3 is 3.04 bits per heavy atom. The molecule has 7 heteroatoms. The number of nitrogens with zero attached hydrogens (tertiary/aromatic N) is 5. The number of fused-ring (bicyclic) bond motifs is 2. The number of hydrogen-bond donors (Lipinski definition) is 0. The Balaban J connectivity index is 1.27. The summed E-state index contributed by atoms with van der Waals surface area (Å²) in [5.41, 5.74) is 4.29. The molecule has 5 rings (SSSR count). The third-order valence-electron chi connectivity index (χ3n) is 4.92. The molecule has 0 aromatic carbocycles. The lowest BCUT2D eigenvalue weighted by Crippen LogP contribution is -2.50. The molecule has 0 unspecified atom stereocenters. The van der Waals surface area contributed by atoms with Gasteiger partial charge >= 0.3 is 0 Å². The van der Waals surface area contributed by atoms with Crippen LogP contribution < -0.4 is 4.74 Å². The fourth-order valence-corrected chi connectivity index (χ4v) is 3.36. The van der Waals surface area contributed by atoms with Gasteiger partial charge in [0.25, 0.3) is 0 Å². The zero-order valence-electron chi connectivity index (χ0n) is 13.8. The molecule has 0 amide bonds. The van der Waals surface area contributed by atoms with Crippen LogP contribution in [0, 0.1) is 0 Å². The molecule has 7 nitrogen and oxygen atoms in total. The van der Waals surface area contributed by atoms with Crippen LogP contribution in [0.15, 0.2) is 36.8 Å². The van der Waals surface area contributed by atoms with Crippen LogP contribution in [0.2, 0.25) is 0 Å². The van der Waals surface area contributed by atoms with E-state index in [4.69, 9.17) is 14.5 Å². The summed E-state index contributed by atoms with van der Waals surface area (Å²) in [7, 11) is 0. The van der Waals surface area contributed by atoms with Crippen LogP contribution >= 0.6 is 0 Å². The van der Waals surface area contributed by atoms with Crippen molar-refractivity contribution in [3.05, 3.63) is 53.7 Å². The van der Waals surface area contributed by atoms with Crippen molar-refractivity contribution in [1.29, 1.82) is 0 Å². The quantitative estimate of drug-likeness (QED) is 0.718. The van der Waals surface area contributed by atoms with Crippen molar-refractivity contribution in [2.75, 3.05) is 19.8 Å². The second-order valence-electron chi connectivity index (χ2n) is 6.57. The SMILES string of the molecule is c1cc2nncn2cc1OCc1ccc2c(n1)CCN(C1COC1)C2. The predicted molar refractivity (Wildman–Crippen MR) is 90.3 cm³/mol. The third-order valence-corrected chi connectivity index (χ3v) is 4.92. The van der Waals surface area contributed by atoms with Crippen LogP contribution in [0.5, 0.6) is 5.75 Å². The normalized spacial score (nSPS) is 18.1. The number of hydrogen-bond acceptors (Lipinski definition) is 6. The van der Waals surface area contributed by atoms with Gasteiger partial charge in [-0.3, -0.25) is 14.3 Å². The Bertz CT molecular complexity index is 905. The number of pyridine rings is 2. The van der Waals surface area contributed by atoms with Crippen molar-refractivity contribution < 1.29 is 9.47 Å². The number of aromatic nitrogens is 4. The maximum atomic E-state index is 5.88.